The topological polar surface area (TPSA) is 169 Å². The number of nitrogens with one attached hydrogen (secondary N) is 2. The van der Waals surface area contributed by atoms with Gasteiger partial charge in [-0.2, -0.15) is 10.2 Å². The van der Waals surface area contributed by atoms with E-state index >= 15 is 0 Å². The number of aromatic nitrogens is 7. The van der Waals surface area contributed by atoms with E-state index in [0.29, 0.717) is 66.8 Å². The lowest BCUT2D eigenvalue weighted by atomic mass is 9.85. The van der Waals surface area contributed by atoms with Gasteiger partial charge in [0.25, 0.3) is 12.3 Å². The normalized spacial score (nSPS) is 21.8. The number of fused-ring (bicyclic) bond motifs is 2. The number of alkyl halides is 2. The van der Waals surface area contributed by atoms with Crippen molar-refractivity contribution in [2.75, 3.05) is 75.8 Å². The molecule has 0 spiro atoms. The minimum atomic E-state index is -2.86. The monoisotopic (exact) mass is 838 g/mol. The lowest BCUT2D eigenvalue weighted by Crippen LogP contribution is -2.48. The smallest absolute Gasteiger partial charge is 0.329 e. The zero-order chi connectivity index (χ0) is 42.2. The highest BCUT2D eigenvalue weighted by molar-refractivity contribution is 6.08. The Hall–Kier alpha value is -5.97. The van der Waals surface area contributed by atoms with E-state index < -0.39 is 30.0 Å². The van der Waals surface area contributed by atoms with Crippen LogP contribution in [0.1, 0.15) is 78.6 Å². The van der Waals surface area contributed by atoms with Crippen LogP contribution >= 0.6 is 0 Å². The second-order valence-corrected chi connectivity index (χ2v) is 16.3. The van der Waals surface area contributed by atoms with Crippen molar-refractivity contribution in [3.05, 3.63) is 70.2 Å². The maximum absolute atomic E-state index is 14.3. The molecule has 0 radical (unpaired) electrons. The van der Waals surface area contributed by atoms with E-state index in [1.807, 2.05) is 18.2 Å². The number of imide groups is 1. The number of aryl methyl sites for hydroxylation is 1. The number of nitrogens with zero attached hydrogens (tertiary/aromatic N) is 10. The molecule has 1 saturated carbocycles. The van der Waals surface area contributed by atoms with Crippen LogP contribution in [0.4, 0.5) is 20.3 Å². The summed E-state index contributed by atoms with van der Waals surface area (Å²) in [7, 11) is 1.67. The average molecular weight is 839 g/mol. The first-order valence-electron chi connectivity index (χ1n) is 20.9. The van der Waals surface area contributed by atoms with Gasteiger partial charge in [-0.3, -0.25) is 38.4 Å². The molecule has 1 atom stereocenters. The number of para-hydroxylation sites is 1. The molecule has 7 heterocycles. The quantitative estimate of drug-likeness (QED) is 0.166. The third-order valence-corrected chi connectivity index (χ3v) is 12.5. The summed E-state index contributed by atoms with van der Waals surface area (Å²) in [5.74, 6) is 6.36. The van der Waals surface area contributed by atoms with Gasteiger partial charge in [0.15, 0.2) is 11.3 Å². The average Bonchev–Trinajstić information content (AvgIpc) is 3.96. The molecule has 1 aliphatic carbocycles. The zero-order valence-corrected chi connectivity index (χ0v) is 33.9. The van der Waals surface area contributed by atoms with E-state index in [0.717, 1.165) is 58.4 Å². The molecule has 17 nitrogen and oxygen atoms in total. The number of benzene rings is 1. The summed E-state index contributed by atoms with van der Waals surface area (Å²) in [4.78, 5) is 62.6. The van der Waals surface area contributed by atoms with Crippen LogP contribution in [0.15, 0.2) is 47.7 Å². The molecule has 4 aliphatic rings. The van der Waals surface area contributed by atoms with Crippen LogP contribution in [-0.2, 0) is 21.4 Å². The number of piperazine rings is 1. The summed E-state index contributed by atoms with van der Waals surface area (Å²) in [6.45, 7) is 7.63. The zero-order valence-electron chi connectivity index (χ0n) is 33.9. The molecular formula is C42H48F2N12O5. The van der Waals surface area contributed by atoms with Crippen LogP contribution in [0.25, 0.3) is 16.7 Å². The highest BCUT2D eigenvalue weighted by atomic mass is 19.3. The number of hydrogen-bond acceptors (Lipinski definition) is 11. The number of halogens is 2. The van der Waals surface area contributed by atoms with Crippen molar-refractivity contribution >= 4 is 45.9 Å². The maximum atomic E-state index is 14.3. The van der Waals surface area contributed by atoms with Crippen molar-refractivity contribution in [3.8, 4) is 11.8 Å². The molecule has 3 aliphatic heterocycles. The van der Waals surface area contributed by atoms with Gasteiger partial charge in [-0.05, 0) is 56.2 Å². The Balaban J connectivity index is 0.768. The molecule has 5 aromatic rings. The Morgan fingerprint density at radius 2 is 1.77 bits per heavy atom. The number of piperidine rings is 1. The van der Waals surface area contributed by atoms with Gasteiger partial charge >= 0.3 is 5.69 Å². The van der Waals surface area contributed by atoms with Crippen LogP contribution in [0.2, 0.25) is 0 Å². The predicted molar refractivity (Wildman–Crippen MR) is 221 cm³/mol. The fourth-order valence-electron chi connectivity index (χ4n) is 9.13. The van der Waals surface area contributed by atoms with Gasteiger partial charge in [0.05, 0.1) is 54.3 Å². The second-order valence-electron chi connectivity index (χ2n) is 16.3. The van der Waals surface area contributed by atoms with Gasteiger partial charge < -0.3 is 19.9 Å². The van der Waals surface area contributed by atoms with E-state index in [9.17, 15) is 28.0 Å². The summed E-state index contributed by atoms with van der Waals surface area (Å²) in [5, 5.41) is 13.6. The van der Waals surface area contributed by atoms with Gasteiger partial charge in [-0.1, -0.05) is 17.9 Å². The number of amides is 3. The molecule has 4 fully saturated rings. The molecule has 2 N–H and O–H groups in total. The van der Waals surface area contributed by atoms with Crippen molar-refractivity contribution in [2.24, 2.45) is 13.0 Å². The molecule has 3 saturated heterocycles. The van der Waals surface area contributed by atoms with Gasteiger partial charge in [-0.15, -0.1) is 0 Å². The predicted octanol–water partition coefficient (Wildman–Crippen LogP) is 2.98. The van der Waals surface area contributed by atoms with Crippen LogP contribution < -0.4 is 21.2 Å². The first-order valence-corrected chi connectivity index (χ1v) is 20.9. The van der Waals surface area contributed by atoms with Gasteiger partial charge in [0, 0.05) is 71.7 Å². The number of imidazole rings is 1. The Morgan fingerprint density at radius 1 is 1.00 bits per heavy atom. The van der Waals surface area contributed by atoms with E-state index in [1.165, 1.54) is 26.0 Å². The molecule has 0 bridgehead atoms. The second kappa shape index (κ2) is 17.2. The fraction of sp³-hybridized carbons (Fsp3) is 0.500. The summed E-state index contributed by atoms with van der Waals surface area (Å²) < 4.78 is 40.0. The van der Waals surface area contributed by atoms with Crippen LogP contribution in [-0.4, -0.2) is 127 Å². The number of ether oxygens (including phenoxy) is 1. The first-order chi connectivity index (χ1) is 29.6. The highest BCUT2D eigenvalue weighted by Crippen LogP contribution is 2.35. The molecular weight excluding hydrogens is 791 g/mol. The molecule has 3 amide bonds. The first kappa shape index (κ1) is 40.4. The number of carbonyl (C=O) groups is 3. The summed E-state index contributed by atoms with van der Waals surface area (Å²) in [5.41, 5.74) is 1.71. The fourth-order valence-corrected chi connectivity index (χ4v) is 9.13. The molecule has 4 aromatic heterocycles. The summed E-state index contributed by atoms with van der Waals surface area (Å²) in [6.07, 6.45) is 5.73. The Kier molecular flexibility index (Phi) is 11.4. The molecule has 0 unspecified atom stereocenters. The molecule has 1 aromatic carbocycles. The minimum Gasteiger partial charge on any atom is -0.378 e. The summed E-state index contributed by atoms with van der Waals surface area (Å²) >= 11 is 0. The molecule has 61 heavy (non-hydrogen) atoms. The number of rotatable bonds is 9. The third-order valence-electron chi connectivity index (χ3n) is 12.5. The maximum Gasteiger partial charge on any atom is 0.329 e. The summed E-state index contributed by atoms with van der Waals surface area (Å²) in [6, 6.07) is 6.54. The molecule has 19 heteroatoms. The Morgan fingerprint density at radius 3 is 2.52 bits per heavy atom. The van der Waals surface area contributed by atoms with Gasteiger partial charge in [-0.25, -0.2) is 23.1 Å². The van der Waals surface area contributed by atoms with Gasteiger partial charge in [0.1, 0.15) is 17.4 Å². The highest BCUT2D eigenvalue weighted by Gasteiger charge is 2.32. The minimum absolute atomic E-state index is 0.0140. The Labute approximate surface area is 349 Å². The van der Waals surface area contributed by atoms with Crippen molar-refractivity contribution in [1.29, 1.82) is 0 Å². The lowest BCUT2D eigenvalue weighted by molar-refractivity contribution is -0.135. The number of carbonyl (C=O) groups excluding carboxylic acids is 3. The van der Waals surface area contributed by atoms with E-state index in [1.54, 1.807) is 24.0 Å². The van der Waals surface area contributed by atoms with Crippen LogP contribution in [0, 0.1) is 17.8 Å². The third kappa shape index (κ3) is 8.27. The van der Waals surface area contributed by atoms with Crippen molar-refractivity contribution in [3.63, 3.8) is 0 Å². The number of anilines is 2. The molecule has 9 rings (SSSR count). The van der Waals surface area contributed by atoms with E-state index in [4.69, 9.17) is 4.74 Å². The van der Waals surface area contributed by atoms with E-state index in [2.05, 4.69) is 52.4 Å². The largest absolute Gasteiger partial charge is 0.378 e. The van der Waals surface area contributed by atoms with Crippen LogP contribution in [0.3, 0.4) is 0 Å². The van der Waals surface area contributed by atoms with Crippen molar-refractivity contribution < 1.29 is 27.9 Å². The van der Waals surface area contributed by atoms with E-state index in [-0.39, 0.29) is 41.7 Å². The number of hydrogen-bond donors (Lipinski definition) is 2. The van der Waals surface area contributed by atoms with Gasteiger partial charge in [0.2, 0.25) is 11.8 Å². The molecule has 320 valence electrons. The standard InChI is InChI=1S/C42H48F2N12O5/c1-50-37-28(4-2-6-32(37)56(42(50)60)33-11-12-35(57)48-41(33)59)5-3-14-51-16-18-52(19-17-51)25-27-7-9-29(10-8-27)55-26-31(36(49-55)38(43)44)46-40(58)30-24-45-54-15-13-34(47-39(30)54)53-20-22-61-23-21-53/h2,4,6,13,15,24,26-27,29,33,38H,7-12,14,16-23,25H2,1H3,(H,46,58)(H,48,57,59)/t27?,29?,33-/m1/s1. The van der Waals surface area contributed by atoms with Crippen molar-refractivity contribution in [1.82, 2.24) is 48.6 Å². The van der Waals surface area contributed by atoms with Crippen LogP contribution in [0.5, 0.6) is 0 Å². The Bertz CT molecular complexity index is 2580. The van der Waals surface area contributed by atoms with Crippen molar-refractivity contribution in [2.45, 2.75) is 57.0 Å². The SMILES string of the molecule is Cn1c(=O)n([C@@H]2CCC(=O)NC2=O)c2cccc(C#CCN3CCN(CC4CCC(n5cc(NC(=O)c6cnn7ccc(N8CCOCC8)nc67)c(C(F)F)n5)CC4)CC3)c21. The number of morpholine rings is 1. The lowest BCUT2D eigenvalue weighted by Gasteiger charge is -2.37.